The summed E-state index contributed by atoms with van der Waals surface area (Å²) in [5.41, 5.74) is 11.1. The molecular formula is C25H29IN4O3. The number of carbonyl (C=O) groups is 3. The Labute approximate surface area is 208 Å². The van der Waals surface area contributed by atoms with Crippen molar-refractivity contribution in [2.45, 2.75) is 52.1 Å². The summed E-state index contributed by atoms with van der Waals surface area (Å²) in [6.45, 7) is 5.79. The van der Waals surface area contributed by atoms with Crippen LogP contribution < -0.4 is 10.6 Å². The van der Waals surface area contributed by atoms with Gasteiger partial charge in [-0.1, -0.05) is 51.5 Å². The van der Waals surface area contributed by atoms with E-state index < -0.39 is 23.8 Å². The average Bonchev–Trinajstić information content (AvgIpc) is 2.78. The number of carbonyl (C=O) groups excluding carboxylic acids is 3. The van der Waals surface area contributed by atoms with E-state index in [1.54, 1.807) is 12.1 Å². The van der Waals surface area contributed by atoms with Crippen LogP contribution in [0, 0.1) is 9.49 Å². The van der Waals surface area contributed by atoms with E-state index in [0.717, 1.165) is 20.9 Å². The lowest BCUT2D eigenvalue weighted by Crippen LogP contribution is -2.52. The number of Topliss-reactive ketones (excluding diaryl/α,β-unsaturated/α-hetero) is 1. The van der Waals surface area contributed by atoms with Crippen LogP contribution in [0.2, 0.25) is 0 Å². The first-order chi connectivity index (χ1) is 15.7. The van der Waals surface area contributed by atoms with E-state index in [0.29, 0.717) is 24.8 Å². The van der Waals surface area contributed by atoms with Gasteiger partial charge in [-0.15, -0.1) is 0 Å². The van der Waals surface area contributed by atoms with Gasteiger partial charge in [-0.2, -0.15) is 4.79 Å². The van der Waals surface area contributed by atoms with Crippen molar-refractivity contribution in [1.82, 2.24) is 10.6 Å². The van der Waals surface area contributed by atoms with Gasteiger partial charge in [0, 0.05) is 9.13 Å². The molecule has 0 bridgehead atoms. The smallest absolute Gasteiger partial charge is 0.325 e. The zero-order chi connectivity index (χ0) is 24.4. The molecule has 33 heavy (non-hydrogen) atoms. The van der Waals surface area contributed by atoms with E-state index in [-0.39, 0.29) is 11.8 Å². The monoisotopic (exact) mass is 558 g/mol. The summed E-state index contributed by atoms with van der Waals surface area (Å²) in [5, 5.41) is 5.50. The van der Waals surface area contributed by atoms with Gasteiger partial charge in [-0.3, -0.25) is 14.4 Å². The van der Waals surface area contributed by atoms with Crippen molar-refractivity contribution >= 4 is 46.4 Å². The summed E-state index contributed by atoms with van der Waals surface area (Å²) in [5.74, 6) is -1.15. The van der Waals surface area contributed by atoms with Gasteiger partial charge >= 0.3 is 6.21 Å². The summed E-state index contributed by atoms with van der Waals surface area (Å²) in [6.07, 6.45) is 2.26. The van der Waals surface area contributed by atoms with Crippen LogP contribution >= 0.6 is 22.6 Å². The fourth-order valence-corrected chi connectivity index (χ4v) is 3.75. The van der Waals surface area contributed by atoms with Crippen LogP contribution in [0.25, 0.3) is 16.7 Å². The van der Waals surface area contributed by atoms with Gasteiger partial charge in [0.1, 0.15) is 6.04 Å². The minimum absolute atomic E-state index is 0.142. The molecule has 0 radical (unpaired) electrons. The first kappa shape index (κ1) is 26.4. The minimum Gasteiger partial charge on any atom is -0.361 e. The van der Waals surface area contributed by atoms with Crippen LogP contribution in [-0.4, -0.2) is 40.7 Å². The highest BCUT2D eigenvalue weighted by Crippen LogP contribution is 2.21. The van der Waals surface area contributed by atoms with Gasteiger partial charge in [0.2, 0.25) is 5.91 Å². The fraction of sp³-hybridized carbons (Fsp3) is 0.360. The molecule has 0 aliphatic heterocycles. The number of hydrogen-bond donors (Lipinski definition) is 2. The molecule has 7 nitrogen and oxygen atoms in total. The van der Waals surface area contributed by atoms with Gasteiger partial charge in [-0.25, -0.2) is 0 Å². The standard InChI is InChI=1S/C25H29IN4O3/c1-4-5-21(23(31)15-28-27)29-25(33)22(14-16(2)3)30-24(32)19-8-6-17(7-9-19)18-10-12-20(26)13-11-18/h6-13,15-16,21-22H,4-5,14H2,1-3H3,(H,29,33)(H,30,32)/t21?,22-/m0/s1/i26-2. The van der Waals surface area contributed by atoms with Crippen molar-refractivity contribution in [1.29, 1.82) is 0 Å². The van der Waals surface area contributed by atoms with Crippen molar-refractivity contribution in [3.8, 4) is 11.1 Å². The molecule has 0 saturated heterocycles. The Kier molecular flexibility index (Phi) is 10.4. The largest absolute Gasteiger partial charge is 0.361 e. The van der Waals surface area contributed by atoms with E-state index in [2.05, 4.69) is 38.0 Å². The molecule has 2 rings (SSSR count). The highest BCUT2D eigenvalue weighted by molar-refractivity contribution is 14.1. The molecule has 0 aliphatic carbocycles. The molecule has 0 saturated carbocycles. The van der Waals surface area contributed by atoms with Crippen LogP contribution in [0.1, 0.15) is 50.4 Å². The number of amides is 2. The van der Waals surface area contributed by atoms with Crippen molar-refractivity contribution in [3.05, 3.63) is 63.2 Å². The number of halogens is 1. The summed E-state index contributed by atoms with van der Waals surface area (Å²) in [4.78, 5) is 40.7. The van der Waals surface area contributed by atoms with Crippen molar-refractivity contribution in [2.75, 3.05) is 0 Å². The SMILES string of the molecule is CCCC(NC(=O)[C@H](CC(C)C)NC(=O)c1ccc(-c2ccc([125I])cc2)cc1)C(=O)C=[N+]=[N-]. The van der Waals surface area contributed by atoms with Crippen LogP contribution in [0.15, 0.2) is 48.5 Å². The molecule has 2 atom stereocenters. The molecule has 0 spiro atoms. The van der Waals surface area contributed by atoms with Gasteiger partial charge < -0.3 is 16.2 Å². The molecule has 2 amide bonds. The Hall–Kier alpha value is -2.84. The molecular weight excluding hydrogens is 529 g/mol. The molecule has 2 aromatic rings. The van der Waals surface area contributed by atoms with E-state index in [9.17, 15) is 14.4 Å². The van der Waals surface area contributed by atoms with Gasteiger partial charge in [0.25, 0.3) is 11.7 Å². The zero-order valence-corrected chi connectivity index (χ0v) is 21.2. The molecule has 0 heterocycles. The quantitative estimate of drug-likeness (QED) is 0.186. The maximum absolute atomic E-state index is 12.9. The molecule has 0 aliphatic rings. The number of rotatable bonds is 11. The second-order valence-electron chi connectivity index (χ2n) is 8.24. The van der Waals surface area contributed by atoms with E-state index in [1.807, 2.05) is 57.2 Å². The summed E-state index contributed by atoms with van der Waals surface area (Å²) in [6, 6.07) is 13.7. The predicted molar refractivity (Wildman–Crippen MR) is 137 cm³/mol. The lowest BCUT2D eigenvalue weighted by molar-refractivity contribution is -0.127. The first-order valence-electron chi connectivity index (χ1n) is 10.9. The van der Waals surface area contributed by atoms with Gasteiger partial charge in [-0.05, 0) is 76.7 Å². The molecule has 174 valence electrons. The minimum atomic E-state index is -0.807. The lowest BCUT2D eigenvalue weighted by Gasteiger charge is -2.23. The van der Waals surface area contributed by atoms with Crippen LogP contribution in [-0.2, 0) is 9.59 Å². The van der Waals surface area contributed by atoms with Crippen LogP contribution in [0.5, 0.6) is 0 Å². The Balaban J connectivity index is 2.13. The second-order valence-corrected chi connectivity index (χ2v) is 9.48. The molecule has 2 N–H and O–H groups in total. The van der Waals surface area contributed by atoms with E-state index in [1.165, 1.54) is 0 Å². The number of nitrogens with one attached hydrogen (secondary N) is 2. The summed E-state index contributed by atoms with van der Waals surface area (Å²) >= 11 is 2.25. The maximum Gasteiger partial charge on any atom is 0.325 e. The lowest BCUT2D eigenvalue weighted by atomic mass is 10.0. The van der Waals surface area contributed by atoms with E-state index in [4.69, 9.17) is 5.53 Å². The normalized spacial score (nSPS) is 12.4. The Morgan fingerprint density at radius 2 is 1.55 bits per heavy atom. The van der Waals surface area contributed by atoms with Crippen LogP contribution in [0.3, 0.4) is 0 Å². The van der Waals surface area contributed by atoms with Crippen molar-refractivity contribution in [3.63, 3.8) is 0 Å². The Morgan fingerprint density at radius 3 is 2.06 bits per heavy atom. The zero-order valence-electron chi connectivity index (χ0n) is 19.0. The van der Waals surface area contributed by atoms with Gasteiger partial charge in [0.05, 0.1) is 6.04 Å². The fourth-order valence-electron chi connectivity index (χ4n) is 3.39. The molecule has 8 heteroatoms. The highest BCUT2D eigenvalue weighted by atomic mass is 125. The molecule has 0 fully saturated rings. The first-order valence-corrected chi connectivity index (χ1v) is 12.0. The number of nitrogens with zero attached hydrogens (tertiary/aromatic N) is 2. The summed E-state index contributed by atoms with van der Waals surface area (Å²) < 4.78 is 1.15. The second kappa shape index (κ2) is 13.0. The Bertz CT molecular complexity index is 1010. The third kappa shape index (κ3) is 8.22. The summed E-state index contributed by atoms with van der Waals surface area (Å²) in [7, 11) is 0. The predicted octanol–water partition coefficient (Wildman–Crippen LogP) is 4.26. The topological polar surface area (TPSA) is 112 Å². The third-order valence-electron chi connectivity index (χ3n) is 5.08. The number of ketones is 1. The van der Waals surface area contributed by atoms with E-state index >= 15 is 0 Å². The van der Waals surface area contributed by atoms with Crippen LogP contribution in [0.4, 0.5) is 0 Å². The number of hydrogen-bond acceptors (Lipinski definition) is 3. The van der Waals surface area contributed by atoms with Gasteiger partial charge in [0.15, 0.2) is 0 Å². The average molecular weight is 558 g/mol. The number of benzene rings is 2. The third-order valence-corrected chi connectivity index (χ3v) is 5.79. The molecule has 1 unspecified atom stereocenters. The van der Waals surface area contributed by atoms with Crippen molar-refractivity contribution in [2.24, 2.45) is 5.92 Å². The van der Waals surface area contributed by atoms with Crippen molar-refractivity contribution < 1.29 is 19.2 Å². The molecule has 0 aromatic heterocycles. The highest BCUT2D eigenvalue weighted by Gasteiger charge is 2.27. The maximum atomic E-state index is 12.9. The Morgan fingerprint density at radius 1 is 0.970 bits per heavy atom. The molecule has 2 aromatic carbocycles.